The fraction of sp³-hybridized carbons (Fsp3) is 0.611. The number of hydrogen-bond donors (Lipinski definition) is 2. The lowest BCUT2D eigenvalue weighted by Crippen LogP contribution is -2.55. The van der Waals surface area contributed by atoms with Crippen LogP contribution in [0, 0.1) is 11.8 Å². The Morgan fingerprint density at radius 3 is 2.76 bits per heavy atom. The van der Waals surface area contributed by atoms with Crippen molar-refractivity contribution < 1.29 is 14.7 Å². The van der Waals surface area contributed by atoms with Gasteiger partial charge in [-0.25, -0.2) is 9.59 Å². The summed E-state index contributed by atoms with van der Waals surface area (Å²) in [5.41, 5.74) is 0.978. The summed E-state index contributed by atoms with van der Waals surface area (Å²) in [6.45, 7) is 5.41. The molecule has 0 radical (unpaired) electrons. The van der Waals surface area contributed by atoms with Crippen LogP contribution < -0.4 is 10.9 Å². The highest BCUT2D eigenvalue weighted by Crippen LogP contribution is 2.34. The van der Waals surface area contributed by atoms with E-state index in [0.29, 0.717) is 26.1 Å². The summed E-state index contributed by atoms with van der Waals surface area (Å²) >= 11 is 0. The van der Waals surface area contributed by atoms with E-state index in [0.717, 1.165) is 12.1 Å². The molecule has 0 spiro atoms. The van der Waals surface area contributed by atoms with Gasteiger partial charge in [0.1, 0.15) is 6.04 Å². The number of carboxylic acids is 1. The van der Waals surface area contributed by atoms with Gasteiger partial charge in [0, 0.05) is 37.3 Å². The number of rotatable bonds is 4. The first-order chi connectivity index (χ1) is 11.9. The van der Waals surface area contributed by atoms with Gasteiger partial charge in [-0.05, 0) is 24.3 Å². The number of pyridine rings is 1. The van der Waals surface area contributed by atoms with Gasteiger partial charge in [0.25, 0.3) is 5.56 Å². The minimum atomic E-state index is -1.00. The van der Waals surface area contributed by atoms with Crippen molar-refractivity contribution in [3.05, 3.63) is 34.2 Å². The maximum absolute atomic E-state index is 12.6. The number of carboxylic acid groups (broad SMARTS) is 1. The first-order valence-electron chi connectivity index (χ1n) is 8.88. The normalized spacial score (nSPS) is 24.2. The number of fused-ring (bicyclic) bond motifs is 4. The molecular formula is C18H25N3O4. The predicted octanol–water partition coefficient (Wildman–Crippen LogP) is 1.48. The summed E-state index contributed by atoms with van der Waals surface area (Å²) in [5, 5.41) is 12.1. The van der Waals surface area contributed by atoms with Crippen LogP contribution in [0.5, 0.6) is 0 Å². The molecule has 3 rings (SSSR count). The standard InChI is InChI=1S/C18H25N3O4/c1-3-11(2)16(17(23)24)19-18(25)20-8-12-7-13(10-20)14-5-4-6-15(22)21(14)9-12/h4-6,11-13,16H,3,7-10H2,1-2H3,(H,19,25)(H,23,24)/t11-,12+,13-,16+/m1/s1. The van der Waals surface area contributed by atoms with E-state index in [2.05, 4.69) is 5.32 Å². The maximum Gasteiger partial charge on any atom is 0.326 e. The molecule has 0 saturated carbocycles. The van der Waals surface area contributed by atoms with Crippen molar-refractivity contribution in [2.24, 2.45) is 11.8 Å². The summed E-state index contributed by atoms with van der Waals surface area (Å²) in [5.74, 6) is -0.787. The zero-order valence-electron chi connectivity index (χ0n) is 14.6. The van der Waals surface area contributed by atoms with Crippen molar-refractivity contribution >= 4 is 12.0 Å². The molecule has 3 heterocycles. The molecule has 2 bridgehead atoms. The van der Waals surface area contributed by atoms with E-state index >= 15 is 0 Å². The molecule has 1 aromatic rings. The maximum atomic E-state index is 12.6. The third-order valence-corrected chi connectivity index (χ3v) is 5.52. The molecule has 25 heavy (non-hydrogen) atoms. The Labute approximate surface area is 146 Å². The Hall–Kier alpha value is -2.31. The lowest BCUT2D eigenvalue weighted by molar-refractivity contribution is -0.140. The minimum Gasteiger partial charge on any atom is -0.480 e. The number of carbonyl (C=O) groups excluding carboxylic acids is 1. The summed E-state index contributed by atoms with van der Waals surface area (Å²) in [7, 11) is 0. The number of aliphatic carboxylic acids is 1. The number of urea groups is 1. The average Bonchev–Trinajstić information content (AvgIpc) is 2.59. The van der Waals surface area contributed by atoms with Crippen LogP contribution in [0.2, 0.25) is 0 Å². The molecular weight excluding hydrogens is 322 g/mol. The summed E-state index contributed by atoms with van der Waals surface area (Å²) in [4.78, 5) is 37.8. The lowest BCUT2D eigenvalue weighted by atomic mass is 9.83. The van der Waals surface area contributed by atoms with Gasteiger partial charge in [0.05, 0.1) is 0 Å². The van der Waals surface area contributed by atoms with Gasteiger partial charge in [-0.3, -0.25) is 4.79 Å². The SMILES string of the molecule is CC[C@@H](C)[C@H](NC(=O)N1C[C@@H]2C[C@H](C1)c1cccc(=O)n1C2)C(=O)O. The summed E-state index contributed by atoms with van der Waals surface area (Å²) in [6, 6.07) is 4.07. The van der Waals surface area contributed by atoms with Gasteiger partial charge < -0.3 is 19.9 Å². The Bertz CT molecular complexity index is 729. The van der Waals surface area contributed by atoms with Crippen LogP contribution in [-0.2, 0) is 11.3 Å². The van der Waals surface area contributed by atoms with Crippen molar-refractivity contribution in [1.82, 2.24) is 14.8 Å². The van der Waals surface area contributed by atoms with Gasteiger partial charge in [0.15, 0.2) is 0 Å². The fourth-order valence-electron chi connectivity index (χ4n) is 3.97. The topological polar surface area (TPSA) is 91.6 Å². The molecule has 2 aliphatic heterocycles. The molecule has 1 fully saturated rings. The number of likely N-dealkylation sites (tertiary alicyclic amines) is 1. The Morgan fingerprint density at radius 1 is 1.32 bits per heavy atom. The molecule has 2 aliphatic rings. The van der Waals surface area contributed by atoms with Crippen LogP contribution in [0.1, 0.15) is 38.3 Å². The fourth-order valence-corrected chi connectivity index (χ4v) is 3.97. The highest BCUT2D eigenvalue weighted by molar-refractivity contribution is 5.83. The van der Waals surface area contributed by atoms with Crippen molar-refractivity contribution in [3.8, 4) is 0 Å². The van der Waals surface area contributed by atoms with Crippen molar-refractivity contribution in [2.75, 3.05) is 13.1 Å². The van der Waals surface area contributed by atoms with Crippen molar-refractivity contribution in [3.63, 3.8) is 0 Å². The highest BCUT2D eigenvalue weighted by atomic mass is 16.4. The first kappa shape index (κ1) is 17.5. The molecule has 7 nitrogen and oxygen atoms in total. The van der Waals surface area contributed by atoms with E-state index in [4.69, 9.17) is 0 Å². The Morgan fingerprint density at radius 2 is 2.08 bits per heavy atom. The molecule has 2 amide bonds. The van der Waals surface area contributed by atoms with Crippen molar-refractivity contribution in [2.45, 2.75) is 45.2 Å². The van der Waals surface area contributed by atoms with Gasteiger partial charge in [-0.15, -0.1) is 0 Å². The quantitative estimate of drug-likeness (QED) is 0.863. The highest BCUT2D eigenvalue weighted by Gasteiger charge is 2.37. The van der Waals surface area contributed by atoms with Crippen molar-refractivity contribution in [1.29, 1.82) is 0 Å². The lowest BCUT2D eigenvalue weighted by Gasteiger charge is -2.43. The molecule has 7 heteroatoms. The van der Waals surface area contributed by atoms with Crippen LogP contribution >= 0.6 is 0 Å². The average molecular weight is 347 g/mol. The molecule has 136 valence electrons. The third kappa shape index (κ3) is 3.41. The third-order valence-electron chi connectivity index (χ3n) is 5.52. The van der Waals surface area contributed by atoms with Crippen LogP contribution in [0.4, 0.5) is 4.79 Å². The monoisotopic (exact) mass is 347 g/mol. The van der Waals surface area contributed by atoms with Gasteiger partial charge in [-0.1, -0.05) is 26.3 Å². The number of nitrogens with zero attached hydrogens (tertiary/aromatic N) is 2. The molecule has 2 N–H and O–H groups in total. The van der Waals surface area contributed by atoms with Crippen LogP contribution in [0.25, 0.3) is 0 Å². The number of carbonyl (C=O) groups is 2. The van der Waals surface area contributed by atoms with E-state index in [9.17, 15) is 19.5 Å². The van der Waals surface area contributed by atoms with Crippen LogP contribution in [0.15, 0.2) is 23.0 Å². The number of amides is 2. The second-order valence-corrected chi connectivity index (χ2v) is 7.25. The predicted molar refractivity (Wildman–Crippen MR) is 92.5 cm³/mol. The minimum absolute atomic E-state index is 0.00723. The number of nitrogens with one attached hydrogen (secondary N) is 1. The van der Waals surface area contributed by atoms with E-state index in [1.165, 1.54) is 0 Å². The van der Waals surface area contributed by atoms with Crippen LogP contribution in [0.3, 0.4) is 0 Å². The summed E-state index contributed by atoms with van der Waals surface area (Å²) < 4.78 is 1.81. The smallest absolute Gasteiger partial charge is 0.326 e. The van der Waals surface area contributed by atoms with Gasteiger partial charge >= 0.3 is 12.0 Å². The number of aromatic nitrogens is 1. The first-order valence-corrected chi connectivity index (χ1v) is 8.88. The zero-order chi connectivity index (χ0) is 18.1. The number of hydrogen-bond acceptors (Lipinski definition) is 3. The molecule has 0 aliphatic carbocycles. The second-order valence-electron chi connectivity index (χ2n) is 7.25. The van der Waals surface area contributed by atoms with Crippen LogP contribution in [-0.4, -0.2) is 45.7 Å². The van der Waals surface area contributed by atoms with E-state index in [1.807, 2.05) is 24.5 Å². The Kier molecular flexibility index (Phi) is 4.83. The number of piperidine rings is 1. The van der Waals surface area contributed by atoms with E-state index in [-0.39, 0.29) is 29.3 Å². The van der Waals surface area contributed by atoms with E-state index < -0.39 is 12.0 Å². The Balaban J connectivity index is 1.75. The zero-order valence-corrected chi connectivity index (χ0v) is 14.6. The van der Waals surface area contributed by atoms with Gasteiger partial charge in [0.2, 0.25) is 0 Å². The molecule has 0 aromatic carbocycles. The van der Waals surface area contributed by atoms with E-state index in [1.54, 1.807) is 17.0 Å². The molecule has 0 unspecified atom stereocenters. The summed E-state index contributed by atoms with van der Waals surface area (Å²) in [6.07, 6.45) is 1.64. The second kappa shape index (κ2) is 6.90. The largest absolute Gasteiger partial charge is 0.480 e. The molecule has 1 saturated heterocycles. The molecule has 4 atom stereocenters. The molecule has 1 aromatic heterocycles. The van der Waals surface area contributed by atoms with Gasteiger partial charge in [-0.2, -0.15) is 0 Å².